The molecule has 2 unspecified atom stereocenters. The van der Waals surface area contributed by atoms with Gasteiger partial charge >= 0.3 is 0 Å². The number of allylic oxidation sites excluding steroid dienone is 2. The number of piperazine rings is 1. The van der Waals surface area contributed by atoms with Crippen molar-refractivity contribution in [2.75, 3.05) is 19.6 Å². The Morgan fingerprint density at radius 2 is 2.18 bits per heavy atom. The number of rotatable bonds is 2. The van der Waals surface area contributed by atoms with E-state index < -0.39 is 11.9 Å². The Kier molecular flexibility index (Phi) is 3.78. The van der Waals surface area contributed by atoms with Crippen molar-refractivity contribution in [3.63, 3.8) is 0 Å². The molecule has 3 N–H and O–H groups in total. The van der Waals surface area contributed by atoms with Gasteiger partial charge in [0.25, 0.3) is 0 Å². The summed E-state index contributed by atoms with van der Waals surface area (Å²) in [5.74, 6) is -0.309. The molecule has 1 saturated heterocycles. The van der Waals surface area contributed by atoms with Crippen molar-refractivity contribution in [1.82, 2.24) is 10.2 Å². The molecule has 2 amide bonds. The zero-order chi connectivity index (χ0) is 12.3. The number of carbonyl (C=O) groups is 2. The van der Waals surface area contributed by atoms with Gasteiger partial charge in [0.15, 0.2) is 0 Å². The minimum atomic E-state index is -0.484. The third-order valence-corrected chi connectivity index (χ3v) is 3.47. The maximum absolute atomic E-state index is 12.3. The van der Waals surface area contributed by atoms with Gasteiger partial charge in [0.1, 0.15) is 6.04 Å². The van der Waals surface area contributed by atoms with E-state index in [9.17, 15) is 9.59 Å². The zero-order valence-electron chi connectivity index (χ0n) is 9.89. The highest BCUT2D eigenvalue weighted by molar-refractivity contribution is 5.88. The molecular formula is C12H19N3O2. The van der Waals surface area contributed by atoms with Gasteiger partial charge in [0.2, 0.25) is 11.8 Å². The number of primary amides is 1. The highest BCUT2D eigenvalue weighted by atomic mass is 16.2. The average Bonchev–Trinajstić information content (AvgIpc) is 2.39. The van der Waals surface area contributed by atoms with Gasteiger partial charge in [-0.1, -0.05) is 12.2 Å². The molecule has 0 bridgehead atoms. The van der Waals surface area contributed by atoms with E-state index in [0.29, 0.717) is 13.1 Å². The fraction of sp³-hybridized carbons (Fsp3) is 0.667. The van der Waals surface area contributed by atoms with Gasteiger partial charge in [-0.05, 0) is 19.3 Å². The summed E-state index contributed by atoms with van der Waals surface area (Å²) >= 11 is 0. The minimum absolute atomic E-state index is 0.0277. The van der Waals surface area contributed by atoms with Gasteiger partial charge in [-0.2, -0.15) is 0 Å². The standard InChI is InChI=1S/C12H19N3O2/c13-11(16)10-8-14-6-7-15(10)12(17)9-4-2-1-3-5-9/h1-2,9-10,14H,3-8H2,(H2,13,16). The number of carbonyl (C=O) groups excluding carboxylic acids is 2. The largest absolute Gasteiger partial charge is 0.368 e. The summed E-state index contributed by atoms with van der Waals surface area (Å²) in [6.07, 6.45) is 6.77. The van der Waals surface area contributed by atoms with Gasteiger partial charge in [0.05, 0.1) is 0 Å². The van der Waals surface area contributed by atoms with Gasteiger partial charge < -0.3 is 16.0 Å². The second-order valence-corrected chi connectivity index (χ2v) is 4.64. The van der Waals surface area contributed by atoms with Crippen molar-refractivity contribution in [2.45, 2.75) is 25.3 Å². The van der Waals surface area contributed by atoms with Crippen LogP contribution in [-0.4, -0.2) is 42.4 Å². The number of hydrogen-bond acceptors (Lipinski definition) is 3. The first-order valence-electron chi connectivity index (χ1n) is 6.15. The molecular weight excluding hydrogens is 218 g/mol. The van der Waals surface area contributed by atoms with E-state index in [0.717, 1.165) is 25.8 Å². The Bertz CT molecular complexity index is 341. The summed E-state index contributed by atoms with van der Waals surface area (Å²) < 4.78 is 0. The van der Waals surface area contributed by atoms with Crippen LogP contribution in [0.4, 0.5) is 0 Å². The lowest BCUT2D eigenvalue weighted by Crippen LogP contribution is -2.59. The van der Waals surface area contributed by atoms with Gasteiger partial charge in [-0.25, -0.2) is 0 Å². The van der Waals surface area contributed by atoms with Crippen LogP contribution in [0.25, 0.3) is 0 Å². The molecule has 17 heavy (non-hydrogen) atoms. The van der Waals surface area contributed by atoms with Gasteiger partial charge in [-0.3, -0.25) is 9.59 Å². The molecule has 1 fully saturated rings. The van der Waals surface area contributed by atoms with E-state index in [1.165, 1.54) is 0 Å². The lowest BCUT2D eigenvalue weighted by molar-refractivity contribution is -0.144. The molecule has 1 aliphatic carbocycles. The molecule has 5 heteroatoms. The van der Waals surface area contributed by atoms with E-state index in [-0.39, 0.29) is 11.8 Å². The first-order valence-corrected chi connectivity index (χ1v) is 6.15. The minimum Gasteiger partial charge on any atom is -0.368 e. The van der Waals surface area contributed by atoms with Crippen molar-refractivity contribution in [3.8, 4) is 0 Å². The van der Waals surface area contributed by atoms with Crippen molar-refractivity contribution in [1.29, 1.82) is 0 Å². The summed E-state index contributed by atoms with van der Waals surface area (Å²) in [7, 11) is 0. The molecule has 0 saturated carbocycles. The van der Waals surface area contributed by atoms with Crippen LogP contribution in [0.1, 0.15) is 19.3 Å². The van der Waals surface area contributed by atoms with Crippen LogP contribution in [-0.2, 0) is 9.59 Å². The molecule has 0 aromatic rings. The molecule has 1 aliphatic heterocycles. The van der Waals surface area contributed by atoms with E-state index in [1.54, 1.807) is 4.90 Å². The first-order chi connectivity index (χ1) is 8.20. The number of hydrogen-bond donors (Lipinski definition) is 2. The van der Waals surface area contributed by atoms with E-state index in [1.807, 2.05) is 6.08 Å². The quantitative estimate of drug-likeness (QED) is 0.643. The van der Waals surface area contributed by atoms with E-state index in [2.05, 4.69) is 11.4 Å². The monoisotopic (exact) mass is 237 g/mol. The van der Waals surface area contributed by atoms with Crippen molar-refractivity contribution in [3.05, 3.63) is 12.2 Å². The molecule has 5 nitrogen and oxygen atoms in total. The fourth-order valence-electron chi connectivity index (χ4n) is 2.47. The average molecular weight is 237 g/mol. The Morgan fingerprint density at radius 3 is 2.82 bits per heavy atom. The van der Waals surface area contributed by atoms with Crippen molar-refractivity contribution >= 4 is 11.8 Å². The maximum atomic E-state index is 12.3. The lowest BCUT2D eigenvalue weighted by atomic mass is 9.92. The Balaban J connectivity index is 2.05. The maximum Gasteiger partial charge on any atom is 0.241 e. The van der Waals surface area contributed by atoms with Crippen LogP contribution in [0.15, 0.2) is 12.2 Å². The van der Waals surface area contributed by atoms with Crippen LogP contribution in [0.2, 0.25) is 0 Å². The van der Waals surface area contributed by atoms with E-state index >= 15 is 0 Å². The van der Waals surface area contributed by atoms with E-state index in [4.69, 9.17) is 5.73 Å². The topological polar surface area (TPSA) is 75.4 Å². The Morgan fingerprint density at radius 1 is 1.35 bits per heavy atom. The molecule has 2 aliphatic rings. The molecule has 2 atom stereocenters. The predicted octanol–water partition coefficient (Wildman–Crippen LogP) is -0.372. The summed E-state index contributed by atoms with van der Waals surface area (Å²) in [5.41, 5.74) is 5.34. The van der Waals surface area contributed by atoms with Crippen LogP contribution >= 0.6 is 0 Å². The zero-order valence-corrected chi connectivity index (χ0v) is 9.89. The van der Waals surface area contributed by atoms with Crippen LogP contribution < -0.4 is 11.1 Å². The van der Waals surface area contributed by atoms with Crippen molar-refractivity contribution < 1.29 is 9.59 Å². The third-order valence-electron chi connectivity index (χ3n) is 3.47. The number of nitrogens with two attached hydrogens (primary N) is 1. The van der Waals surface area contributed by atoms with Crippen LogP contribution in [0, 0.1) is 5.92 Å². The van der Waals surface area contributed by atoms with Crippen LogP contribution in [0.3, 0.4) is 0 Å². The molecule has 2 rings (SSSR count). The van der Waals surface area contributed by atoms with Crippen molar-refractivity contribution in [2.24, 2.45) is 11.7 Å². The SMILES string of the molecule is NC(=O)C1CNCCN1C(=O)C1CC=CCC1. The summed E-state index contributed by atoms with van der Waals surface area (Å²) in [5, 5.41) is 3.10. The Hall–Kier alpha value is -1.36. The first kappa shape index (κ1) is 12.1. The highest BCUT2D eigenvalue weighted by Gasteiger charge is 2.33. The lowest BCUT2D eigenvalue weighted by Gasteiger charge is -2.36. The highest BCUT2D eigenvalue weighted by Crippen LogP contribution is 2.22. The number of amides is 2. The fourth-order valence-corrected chi connectivity index (χ4v) is 2.47. The molecule has 94 valence electrons. The smallest absolute Gasteiger partial charge is 0.241 e. The molecule has 0 aromatic heterocycles. The van der Waals surface area contributed by atoms with Gasteiger partial charge in [0, 0.05) is 25.6 Å². The molecule has 0 aromatic carbocycles. The normalized spacial score (nSPS) is 29.1. The summed E-state index contributed by atoms with van der Waals surface area (Å²) in [4.78, 5) is 25.3. The number of nitrogens with one attached hydrogen (secondary N) is 1. The second kappa shape index (κ2) is 5.31. The Labute approximate surface area is 101 Å². The number of nitrogens with zero attached hydrogens (tertiary/aromatic N) is 1. The molecule has 0 spiro atoms. The molecule has 1 heterocycles. The third kappa shape index (κ3) is 2.66. The second-order valence-electron chi connectivity index (χ2n) is 4.64. The predicted molar refractivity (Wildman–Crippen MR) is 64.0 cm³/mol. The summed E-state index contributed by atoms with van der Waals surface area (Å²) in [6.45, 7) is 1.79. The van der Waals surface area contributed by atoms with Crippen LogP contribution in [0.5, 0.6) is 0 Å². The van der Waals surface area contributed by atoms with Gasteiger partial charge in [-0.15, -0.1) is 0 Å². The molecule has 0 radical (unpaired) electrons. The summed E-state index contributed by atoms with van der Waals surface area (Å²) in [6, 6.07) is -0.484.